The van der Waals surface area contributed by atoms with Crippen molar-refractivity contribution in [2.45, 2.75) is 117 Å². The van der Waals surface area contributed by atoms with E-state index in [2.05, 4.69) is 26.8 Å². The van der Waals surface area contributed by atoms with Crippen molar-refractivity contribution < 1.29 is 19.8 Å². The Balaban J connectivity index is 1.44. The molecule has 0 aliphatic heterocycles. The van der Waals surface area contributed by atoms with Crippen molar-refractivity contribution in [3.05, 3.63) is 33.9 Å². The zero-order valence-electron chi connectivity index (χ0n) is 20.4. The van der Waals surface area contributed by atoms with E-state index in [1.54, 1.807) is 0 Å². The molecule has 2 aliphatic rings. The Bertz CT molecular complexity index is 830. The molecule has 32 heavy (non-hydrogen) atoms. The molecule has 2 aliphatic carbocycles. The molecule has 1 aromatic rings. The second kappa shape index (κ2) is 10.4. The molecule has 3 rings (SSSR count). The van der Waals surface area contributed by atoms with Crippen LogP contribution in [0.4, 0.5) is 0 Å². The molecule has 178 valence electrons. The maximum Gasteiger partial charge on any atom is 0.309 e. The molecule has 2 fully saturated rings. The van der Waals surface area contributed by atoms with Crippen LogP contribution in [0, 0.1) is 31.6 Å². The van der Waals surface area contributed by atoms with Crippen LogP contribution < -0.4 is 0 Å². The van der Waals surface area contributed by atoms with Gasteiger partial charge in [0.1, 0.15) is 0 Å². The minimum Gasteiger partial charge on any atom is -0.481 e. The van der Waals surface area contributed by atoms with Crippen molar-refractivity contribution in [3.8, 4) is 0 Å². The summed E-state index contributed by atoms with van der Waals surface area (Å²) in [5, 5.41) is 18.7. The molecule has 4 nitrogen and oxygen atoms in total. The van der Waals surface area contributed by atoms with E-state index in [-0.39, 0.29) is 10.8 Å². The lowest BCUT2D eigenvalue weighted by molar-refractivity contribution is -0.144. The summed E-state index contributed by atoms with van der Waals surface area (Å²) >= 11 is 0. The number of rotatable bonds is 15. The van der Waals surface area contributed by atoms with Gasteiger partial charge in [0.05, 0.1) is 10.8 Å². The Morgan fingerprint density at radius 1 is 0.688 bits per heavy atom. The summed E-state index contributed by atoms with van der Waals surface area (Å²) in [6.45, 7) is 6.69. The number of hydrogen-bond acceptors (Lipinski definition) is 2. The highest BCUT2D eigenvalue weighted by atomic mass is 16.4. The maximum absolute atomic E-state index is 11.3. The van der Waals surface area contributed by atoms with Crippen molar-refractivity contribution >= 4 is 11.9 Å². The molecule has 2 N–H and O–H groups in total. The lowest BCUT2D eigenvalue weighted by atomic mass is 9.87. The third kappa shape index (κ3) is 5.94. The van der Waals surface area contributed by atoms with E-state index in [9.17, 15) is 19.8 Å². The normalized spacial score (nSPS) is 17.8. The van der Waals surface area contributed by atoms with Crippen LogP contribution in [0.5, 0.6) is 0 Å². The van der Waals surface area contributed by atoms with E-state index < -0.39 is 11.9 Å². The van der Waals surface area contributed by atoms with Gasteiger partial charge in [-0.1, -0.05) is 38.2 Å². The first kappa shape index (κ1) is 24.8. The smallest absolute Gasteiger partial charge is 0.309 e. The molecule has 0 amide bonds. The van der Waals surface area contributed by atoms with E-state index in [1.807, 2.05) is 0 Å². The SMILES string of the molecule is Cc1cc(C)c(CCCCCC2(C(=O)O)CC2)c(CCCCCCC2(C(=O)O)CC2)c1C. The molecular formula is C28H42O4. The number of carboxylic acids is 2. The molecule has 0 spiro atoms. The fourth-order valence-corrected chi connectivity index (χ4v) is 5.41. The molecule has 0 radical (unpaired) electrons. The van der Waals surface area contributed by atoms with E-state index in [0.717, 1.165) is 89.9 Å². The van der Waals surface area contributed by atoms with Crippen LogP contribution in [0.25, 0.3) is 0 Å². The van der Waals surface area contributed by atoms with Gasteiger partial charge in [-0.2, -0.15) is 0 Å². The molecule has 4 heteroatoms. The number of aryl methyl sites for hydroxylation is 2. The summed E-state index contributed by atoms with van der Waals surface area (Å²) in [4.78, 5) is 22.7. The Hall–Kier alpha value is -1.84. The molecular weight excluding hydrogens is 400 g/mol. The molecule has 0 atom stereocenters. The number of benzene rings is 1. The number of hydrogen-bond donors (Lipinski definition) is 2. The van der Waals surface area contributed by atoms with Gasteiger partial charge < -0.3 is 10.2 Å². The summed E-state index contributed by atoms with van der Waals surface area (Å²) in [5.41, 5.74) is 6.47. The third-order valence-corrected chi connectivity index (χ3v) is 8.35. The van der Waals surface area contributed by atoms with Gasteiger partial charge >= 0.3 is 11.9 Å². The van der Waals surface area contributed by atoms with E-state index in [1.165, 1.54) is 34.2 Å². The minimum absolute atomic E-state index is 0.374. The zero-order chi connectivity index (χ0) is 23.4. The highest BCUT2D eigenvalue weighted by Crippen LogP contribution is 2.50. The van der Waals surface area contributed by atoms with E-state index >= 15 is 0 Å². The number of carbonyl (C=O) groups is 2. The average molecular weight is 443 g/mol. The van der Waals surface area contributed by atoms with Crippen LogP contribution in [0.15, 0.2) is 6.07 Å². The van der Waals surface area contributed by atoms with Gasteiger partial charge in [0.15, 0.2) is 0 Å². The van der Waals surface area contributed by atoms with Gasteiger partial charge in [0.2, 0.25) is 0 Å². The van der Waals surface area contributed by atoms with Gasteiger partial charge in [-0.05, 0) is 113 Å². The van der Waals surface area contributed by atoms with E-state index in [4.69, 9.17) is 0 Å². The average Bonchev–Trinajstić information content (AvgIpc) is 3.65. The molecule has 0 unspecified atom stereocenters. The molecule has 0 saturated heterocycles. The lowest BCUT2D eigenvalue weighted by Crippen LogP contribution is -2.14. The van der Waals surface area contributed by atoms with Crippen LogP contribution in [0.1, 0.15) is 111 Å². The Morgan fingerprint density at radius 2 is 1.12 bits per heavy atom. The monoisotopic (exact) mass is 442 g/mol. The van der Waals surface area contributed by atoms with Crippen molar-refractivity contribution in [1.82, 2.24) is 0 Å². The molecule has 2 saturated carbocycles. The van der Waals surface area contributed by atoms with Crippen molar-refractivity contribution in [1.29, 1.82) is 0 Å². The molecule has 0 heterocycles. The van der Waals surface area contributed by atoms with Gasteiger partial charge in [-0.25, -0.2) is 0 Å². The summed E-state index contributed by atoms with van der Waals surface area (Å²) in [7, 11) is 0. The van der Waals surface area contributed by atoms with Crippen molar-refractivity contribution in [3.63, 3.8) is 0 Å². The highest BCUT2D eigenvalue weighted by Gasteiger charge is 2.49. The molecule has 0 aromatic heterocycles. The standard InChI is InChI=1S/C28H42O4/c1-20-19-21(2)23(11-8-6-10-14-28(17-18-28)26(31)32)24(22(20)3)12-7-4-5-9-13-27(15-16-27)25(29)30/h19H,4-18H2,1-3H3,(H,29,30)(H,31,32). The van der Waals surface area contributed by atoms with Gasteiger partial charge in [0, 0.05) is 0 Å². The summed E-state index contributed by atoms with van der Waals surface area (Å²) in [5.74, 6) is -1.19. The summed E-state index contributed by atoms with van der Waals surface area (Å²) < 4.78 is 0. The maximum atomic E-state index is 11.3. The Kier molecular flexibility index (Phi) is 8.06. The second-order valence-corrected chi connectivity index (χ2v) is 10.7. The van der Waals surface area contributed by atoms with Crippen molar-refractivity contribution in [2.75, 3.05) is 0 Å². The van der Waals surface area contributed by atoms with Crippen LogP contribution in [-0.2, 0) is 22.4 Å². The first-order valence-electron chi connectivity index (χ1n) is 12.8. The molecule has 1 aromatic carbocycles. The zero-order valence-corrected chi connectivity index (χ0v) is 20.4. The number of unbranched alkanes of at least 4 members (excludes halogenated alkanes) is 5. The highest BCUT2D eigenvalue weighted by molar-refractivity contribution is 5.78. The molecule has 0 bridgehead atoms. The van der Waals surface area contributed by atoms with Crippen LogP contribution in [0.2, 0.25) is 0 Å². The summed E-state index contributed by atoms with van der Waals surface area (Å²) in [6, 6.07) is 2.32. The lowest BCUT2D eigenvalue weighted by Gasteiger charge is -2.18. The van der Waals surface area contributed by atoms with Gasteiger partial charge in [0.25, 0.3) is 0 Å². The van der Waals surface area contributed by atoms with Gasteiger partial charge in [-0.3, -0.25) is 9.59 Å². The van der Waals surface area contributed by atoms with E-state index in [0.29, 0.717) is 0 Å². The van der Waals surface area contributed by atoms with Crippen LogP contribution in [0.3, 0.4) is 0 Å². The predicted octanol–water partition coefficient (Wildman–Crippen LogP) is 6.94. The fourth-order valence-electron chi connectivity index (χ4n) is 5.41. The fraction of sp³-hybridized carbons (Fsp3) is 0.714. The largest absolute Gasteiger partial charge is 0.481 e. The Morgan fingerprint density at radius 3 is 1.59 bits per heavy atom. The predicted molar refractivity (Wildman–Crippen MR) is 128 cm³/mol. The summed E-state index contributed by atoms with van der Waals surface area (Å²) in [6.07, 6.45) is 15.1. The quantitative estimate of drug-likeness (QED) is 0.289. The van der Waals surface area contributed by atoms with Gasteiger partial charge in [-0.15, -0.1) is 0 Å². The van der Waals surface area contributed by atoms with Crippen molar-refractivity contribution in [2.24, 2.45) is 10.8 Å². The first-order chi connectivity index (χ1) is 15.2. The number of aliphatic carboxylic acids is 2. The first-order valence-corrected chi connectivity index (χ1v) is 12.8. The number of carboxylic acid groups (broad SMARTS) is 2. The third-order valence-electron chi connectivity index (χ3n) is 8.35. The topological polar surface area (TPSA) is 74.6 Å². The van der Waals surface area contributed by atoms with Crippen LogP contribution in [-0.4, -0.2) is 22.2 Å². The second-order valence-electron chi connectivity index (χ2n) is 10.7. The minimum atomic E-state index is -0.597. The Labute approximate surface area is 193 Å². The van der Waals surface area contributed by atoms with Crippen LogP contribution >= 0.6 is 0 Å².